The summed E-state index contributed by atoms with van der Waals surface area (Å²) in [5.74, 6) is 0.825. The van der Waals surface area contributed by atoms with Gasteiger partial charge >= 0.3 is 6.18 Å². The molecule has 3 nitrogen and oxygen atoms in total. The number of fused-ring (bicyclic) bond motifs is 1. The molecule has 26 heavy (non-hydrogen) atoms. The molecule has 1 saturated heterocycles. The zero-order valence-electron chi connectivity index (χ0n) is 13.9. The zero-order valence-corrected chi connectivity index (χ0v) is 13.9. The highest BCUT2D eigenvalue weighted by molar-refractivity contribution is 5.87. The summed E-state index contributed by atoms with van der Waals surface area (Å²) in [6.07, 6.45) is -0.748. The number of aromatic nitrogens is 1. The number of benzene rings is 2. The highest BCUT2D eigenvalue weighted by Crippen LogP contribution is 2.30. The molecule has 0 N–H and O–H groups in total. The molecule has 1 aliphatic heterocycles. The Labute approximate surface area is 149 Å². The van der Waals surface area contributed by atoms with Crippen LogP contribution < -0.4 is 4.74 Å². The molecule has 0 radical (unpaired) electrons. The lowest BCUT2D eigenvalue weighted by atomic mass is 10.1. The lowest BCUT2D eigenvalue weighted by Gasteiger charge is -2.10. The van der Waals surface area contributed by atoms with Crippen LogP contribution in [0, 0.1) is 0 Å². The van der Waals surface area contributed by atoms with Crippen molar-refractivity contribution in [2.75, 3.05) is 13.2 Å². The van der Waals surface area contributed by atoms with Gasteiger partial charge in [0, 0.05) is 36.3 Å². The molecule has 0 bridgehead atoms. The first-order valence-corrected chi connectivity index (χ1v) is 8.36. The molecule has 0 saturated carbocycles. The van der Waals surface area contributed by atoms with Crippen molar-refractivity contribution >= 4 is 10.8 Å². The third-order valence-electron chi connectivity index (χ3n) is 4.57. The van der Waals surface area contributed by atoms with E-state index in [0.29, 0.717) is 13.2 Å². The van der Waals surface area contributed by atoms with E-state index in [4.69, 9.17) is 4.74 Å². The predicted molar refractivity (Wildman–Crippen MR) is 92.9 cm³/mol. The Morgan fingerprint density at radius 2 is 1.88 bits per heavy atom. The van der Waals surface area contributed by atoms with Crippen LogP contribution in [-0.2, 0) is 12.7 Å². The molecule has 0 aliphatic carbocycles. The van der Waals surface area contributed by atoms with Crippen molar-refractivity contribution in [3.8, 4) is 5.75 Å². The Hall–Kier alpha value is -2.60. The summed E-state index contributed by atoms with van der Waals surface area (Å²) in [6, 6.07) is 13.4. The molecule has 2 aromatic carbocycles. The van der Waals surface area contributed by atoms with Crippen LogP contribution in [-0.4, -0.2) is 29.1 Å². The Bertz CT molecular complexity index is 904. The number of nitrogens with zero attached hydrogens (tertiary/aromatic N) is 2. The summed E-state index contributed by atoms with van der Waals surface area (Å²) in [5.41, 5.74) is 0.258. The molecule has 1 aliphatic rings. The van der Waals surface area contributed by atoms with E-state index in [0.717, 1.165) is 40.8 Å². The van der Waals surface area contributed by atoms with Crippen LogP contribution in [0.1, 0.15) is 11.1 Å². The van der Waals surface area contributed by atoms with E-state index in [1.54, 1.807) is 12.4 Å². The number of halogens is 3. The quantitative estimate of drug-likeness (QED) is 0.627. The smallest absolute Gasteiger partial charge is 0.416 e. The molecule has 1 fully saturated rings. The fourth-order valence-corrected chi connectivity index (χ4v) is 3.01. The molecular weight excluding hydrogens is 341 g/mol. The van der Waals surface area contributed by atoms with Crippen LogP contribution >= 0.6 is 0 Å². The summed E-state index contributed by atoms with van der Waals surface area (Å²) in [7, 11) is 0. The average molecular weight is 358 g/mol. The van der Waals surface area contributed by atoms with Gasteiger partial charge in [0.15, 0.2) is 0 Å². The van der Waals surface area contributed by atoms with Crippen molar-refractivity contribution in [2.45, 2.75) is 18.8 Å². The third-order valence-corrected chi connectivity index (χ3v) is 4.57. The van der Waals surface area contributed by atoms with E-state index in [9.17, 15) is 13.2 Å². The number of rotatable bonds is 5. The standard InChI is InChI=1S/C20H17F3N2O/c21-20(22,23)16-6-4-14(5-7-16)11-25-12-17(25)13-26-19-3-1-2-15-10-24-9-8-18(15)19/h1-10,17H,11-13H2. The minimum absolute atomic E-state index is 0.286. The minimum atomic E-state index is -4.29. The van der Waals surface area contributed by atoms with Crippen molar-refractivity contribution in [1.82, 2.24) is 9.88 Å². The van der Waals surface area contributed by atoms with Crippen LogP contribution in [0.25, 0.3) is 10.8 Å². The molecular formula is C20H17F3N2O. The highest BCUT2D eigenvalue weighted by atomic mass is 19.4. The van der Waals surface area contributed by atoms with E-state index in [2.05, 4.69) is 9.88 Å². The second kappa shape index (κ2) is 6.61. The third kappa shape index (κ3) is 3.65. The van der Waals surface area contributed by atoms with Gasteiger partial charge in [-0.1, -0.05) is 24.3 Å². The predicted octanol–water partition coefficient (Wildman–Crippen LogP) is 4.52. The van der Waals surface area contributed by atoms with Gasteiger partial charge in [0.25, 0.3) is 0 Å². The molecule has 2 unspecified atom stereocenters. The Kier molecular flexibility index (Phi) is 4.28. The number of hydrogen-bond donors (Lipinski definition) is 0. The molecule has 0 spiro atoms. The van der Waals surface area contributed by atoms with Gasteiger partial charge in [-0.15, -0.1) is 0 Å². The lowest BCUT2D eigenvalue weighted by Crippen LogP contribution is -2.11. The number of alkyl halides is 3. The van der Waals surface area contributed by atoms with Gasteiger partial charge in [0.05, 0.1) is 11.6 Å². The first-order chi connectivity index (χ1) is 12.5. The maximum atomic E-state index is 12.6. The van der Waals surface area contributed by atoms with Crippen molar-refractivity contribution < 1.29 is 17.9 Å². The van der Waals surface area contributed by atoms with Crippen LogP contribution in [0.15, 0.2) is 60.9 Å². The van der Waals surface area contributed by atoms with Crippen LogP contribution in [0.4, 0.5) is 13.2 Å². The maximum Gasteiger partial charge on any atom is 0.416 e. The SMILES string of the molecule is FC(F)(F)c1ccc(CN2CC2COc2cccc3cnccc23)cc1. The van der Waals surface area contributed by atoms with Gasteiger partial charge in [-0.05, 0) is 29.8 Å². The Balaban J connectivity index is 1.33. The first kappa shape index (κ1) is 16.8. The normalized spacial score (nSPS) is 19.5. The van der Waals surface area contributed by atoms with Crippen molar-refractivity contribution in [3.63, 3.8) is 0 Å². The summed E-state index contributed by atoms with van der Waals surface area (Å²) >= 11 is 0. The fraction of sp³-hybridized carbons (Fsp3) is 0.250. The van der Waals surface area contributed by atoms with Gasteiger partial charge in [-0.3, -0.25) is 9.88 Å². The monoisotopic (exact) mass is 358 g/mol. The largest absolute Gasteiger partial charge is 0.491 e. The summed E-state index contributed by atoms with van der Waals surface area (Å²) in [6.45, 7) is 2.07. The maximum absolute atomic E-state index is 12.6. The van der Waals surface area contributed by atoms with Gasteiger partial charge in [-0.2, -0.15) is 13.2 Å². The lowest BCUT2D eigenvalue weighted by molar-refractivity contribution is -0.137. The summed E-state index contributed by atoms with van der Waals surface area (Å²) in [5, 5.41) is 2.06. The summed E-state index contributed by atoms with van der Waals surface area (Å²) < 4.78 is 43.8. The van der Waals surface area contributed by atoms with Crippen molar-refractivity contribution in [1.29, 1.82) is 0 Å². The van der Waals surface area contributed by atoms with Crippen molar-refractivity contribution in [2.24, 2.45) is 0 Å². The van der Waals surface area contributed by atoms with Gasteiger partial charge in [-0.25, -0.2) is 0 Å². The average Bonchev–Trinajstić information content (AvgIpc) is 3.37. The molecule has 0 amide bonds. The molecule has 2 atom stereocenters. The van der Waals surface area contributed by atoms with Crippen LogP contribution in [0.2, 0.25) is 0 Å². The number of ether oxygens (including phenoxy) is 1. The van der Waals surface area contributed by atoms with Gasteiger partial charge in [0.1, 0.15) is 12.4 Å². The first-order valence-electron chi connectivity index (χ1n) is 8.36. The van der Waals surface area contributed by atoms with Crippen molar-refractivity contribution in [3.05, 3.63) is 72.1 Å². The molecule has 4 rings (SSSR count). The van der Waals surface area contributed by atoms with Gasteiger partial charge in [0.2, 0.25) is 0 Å². The van der Waals surface area contributed by atoms with Crippen LogP contribution in [0.3, 0.4) is 0 Å². The van der Waals surface area contributed by atoms with E-state index in [1.165, 1.54) is 12.1 Å². The summed E-state index contributed by atoms with van der Waals surface area (Å²) in [4.78, 5) is 6.28. The fourth-order valence-electron chi connectivity index (χ4n) is 3.01. The molecule has 6 heteroatoms. The van der Waals surface area contributed by atoms with E-state index in [-0.39, 0.29) is 6.04 Å². The highest BCUT2D eigenvalue weighted by Gasteiger charge is 2.35. The molecule has 3 aromatic rings. The number of pyridine rings is 1. The minimum Gasteiger partial charge on any atom is -0.491 e. The molecule has 134 valence electrons. The molecule has 2 heterocycles. The van der Waals surface area contributed by atoms with E-state index >= 15 is 0 Å². The molecule has 1 aromatic heterocycles. The second-order valence-electron chi connectivity index (χ2n) is 6.44. The number of hydrogen-bond acceptors (Lipinski definition) is 3. The zero-order chi connectivity index (χ0) is 18.1. The van der Waals surface area contributed by atoms with Crippen LogP contribution in [0.5, 0.6) is 5.75 Å². The Morgan fingerprint density at radius 3 is 2.65 bits per heavy atom. The topological polar surface area (TPSA) is 25.1 Å². The van der Waals surface area contributed by atoms with E-state index < -0.39 is 11.7 Å². The van der Waals surface area contributed by atoms with Gasteiger partial charge < -0.3 is 4.74 Å². The van der Waals surface area contributed by atoms with E-state index in [1.807, 2.05) is 24.3 Å². The second-order valence-corrected chi connectivity index (χ2v) is 6.44. The Morgan fingerprint density at radius 1 is 1.08 bits per heavy atom.